The lowest BCUT2D eigenvalue weighted by atomic mass is 10.0. The molecule has 0 aliphatic rings. The van der Waals surface area contributed by atoms with Crippen molar-refractivity contribution >= 4 is 46.0 Å². The van der Waals surface area contributed by atoms with E-state index >= 15 is 0 Å². The number of rotatable bonds is 45. The fourth-order valence-corrected chi connectivity index (χ4v) is 13.7. The first-order valence-electron chi connectivity index (χ1n) is 38.8. The average Bonchev–Trinajstić information content (AvgIpc) is 0.815. The Morgan fingerprint density at radius 1 is 0.389 bits per heavy atom. The van der Waals surface area contributed by atoms with E-state index in [1.54, 1.807) is 92.0 Å². The fraction of sp³-hybridized carbons (Fsp3) is 0.495. The van der Waals surface area contributed by atoms with Gasteiger partial charge in [0, 0.05) is 8.07 Å². The summed E-state index contributed by atoms with van der Waals surface area (Å²) >= 11 is 0. The van der Waals surface area contributed by atoms with Crippen LogP contribution in [0.3, 0.4) is 0 Å². The molecule has 0 heterocycles. The SMILES string of the molecule is C.C.C.C.C.C.CCC(C)C(=O)OCCCCOc1ccc(-c2ccc(C#N)cc2)cc1.CCCCCCCCCC(OC(=O)c1cc(OC(=O)c2ccc(OCCCCCC)cc2)ccc1OC(=O)c1ccc(OCCCCCC)cc1)[Si](C)(C)C.COc1ccc(OC(=O)c2ccc(OCCCC[Si](C)(C)C)cc2)cc1. The van der Waals surface area contributed by atoms with Crippen LogP contribution in [0.25, 0.3) is 11.1 Å². The lowest BCUT2D eigenvalue weighted by molar-refractivity contribution is -0.148. The molecule has 2 unspecified atom stereocenters. The third kappa shape index (κ3) is 42.5. The van der Waals surface area contributed by atoms with Crippen LogP contribution < -0.4 is 37.9 Å². The number of nitriles is 1. The minimum Gasteiger partial charge on any atom is -0.497 e. The molecule has 0 saturated carbocycles. The molecule has 18 heteroatoms. The van der Waals surface area contributed by atoms with Gasteiger partial charge in [0.15, 0.2) is 0 Å². The Balaban J connectivity index is 0. The number of carbonyl (C=O) groups excluding carboxylic acids is 5. The van der Waals surface area contributed by atoms with Crippen LogP contribution in [0.15, 0.2) is 164 Å². The summed E-state index contributed by atoms with van der Waals surface area (Å²) in [4.78, 5) is 64.3. The number of hydrogen-bond acceptors (Lipinski definition) is 16. The molecule has 0 radical (unpaired) electrons. The number of benzene rings is 7. The van der Waals surface area contributed by atoms with Gasteiger partial charge in [-0.2, -0.15) is 5.26 Å². The van der Waals surface area contributed by atoms with E-state index in [-0.39, 0.29) is 79.2 Å². The first kappa shape index (κ1) is 106. The Morgan fingerprint density at radius 3 is 1.16 bits per heavy atom. The number of nitrogens with zero attached hydrogens (tertiary/aromatic N) is 1. The fourth-order valence-electron chi connectivity index (χ4n) is 10.9. The predicted octanol–water partition coefficient (Wildman–Crippen LogP) is 26.8. The van der Waals surface area contributed by atoms with Crippen LogP contribution in [0.5, 0.6) is 46.0 Å². The molecule has 0 aliphatic heterocycles. The molecule has 0 aromatic heterocycles. The second-order valence-electron chi connectivity index (χ2n) is 29.2. The molecule has 0 aliphatic carbocycles. The molecule has 113 heavy (non-hydrogen) atoms. The summed E-state index contributed by atoms with van der Waals surface area (Å²) in [5, 5.41) is 8.84. The summed E-state index contributed by atoms with van der Waals surface area (Å²) in [5.41, 5.74) is 3.71. The zero-order valence-electron chi connectivity index (χ0n) is 65.9. The van der Waals surface area contributed by atoms with Gasteiger partial charge < -0.3 is 47.4 Å². The number of esters is 5. The van der Waals surface area contributed by atoms with Crippen molar-refractivity contribution in [2.24, 2.45) is 5.92 Å². The van der Waals surface area contributed by atoms with Crippen LogP contribution in [-0.4, -0.2) is 91.9 Å². The highest BCUT2D eigenvalue weighted by molar-refractivity contribution is 6.77. The van der Waals surface area contributed by atoms with Crippen molar-refractivity contribution in [3.63, 3.8) is 0 Å². The highest BCUT2D eigenvalue weighted by Crippen LogP contribution is 2.31. The molecule has 2 atom stereocenters. The largest absolute Gasteiger partial charge is 0.497 e. The first-order valence-corrected chi connectivity index (χ1v) is 46.1. The quantitative estimate of drug-likeness (QED) is 0.0151. The Bertz CT molecular complexity index is 3730. The smallest absolute Gasteiger partial charge is 0.343 e. The molecule has 0 amide bonds. The van der Waals surface area contributed by atoms with Gasteiger partial charge >= 0.3 is 29.8 Å². The molecule has 0 spiro atoms. The van der Waals surface area contributed by atoms with Crippen molar-refractivity contribution in [1.82, 2.24) is 0 Å². The van der Waals surface area contributed by atoms with Crippen molar-refractivity contribution < 1.29 is 71.3 Å². The molecule has 0 fully saturated rings. The molecule has 0 bridgehead atoms. The maximum absolute atomic E-state index is 14.0. The first-order chi connectivity index (χ1) is 51.6. The summed E-state index contributed by atoms with van der Waals surface area (Å²) in [5.74, 6) is 1.92. The van der Waals surface area contributed by atoms with E-state index in [4.69, 9.17) is 52.6 Å². The van der Waals surface area contributed by atoms with Gasteiger partial charge in [-0.05, 0) is 196 Å². The van der Waals surface area contributed by atoms with E-state index in [0.717, 1.165) is 112 Å². The Kier molecular flexibility index (Phi) is 55.8. The summed E-state index contributed by atoms with van der Waals surface area (Å²) in [6, 6.07) is 50.8. The Morgan fingerprint density at radius 2 is 0.743 bits per heavy atom. The van der Waals surface area contributed by atoms with E-state index < -0.39 is 40.0 Å². The maximum atomic E-state index is 14.0. The number of methoxy groups -OCH3 is 1. The van der Waals surface area contributed by atoms with Crippen molar-refractivity contribution in [3.8, 4) is 63.2 Å². The number of ether oxygens (including phenoxy) is 10. The average molecular weight is 1600 g/mol. The minimum atomic E-state index is -1.95. The van der Waals surface area contributed by atoms with Crippen LogP contribution in [0.4, 0.5) is 0 Å². The molecular formula is C95H143NO15Si2. The standard InChI is InChI=1S/C46H66O8Si.C22H25NO3.C21H28O4Si.6CH4/c1-7-10-13-16-17-18-19-22-43(55(4,5)6)54-46(49)41-35-40(52-44(47)36-23-27-38(28-24-36)50-33-20-14-11-8-2)31-32-42(41)53-45(48)37-25-29-39(30-26-37)51-34-21-15-12-9-3;1-3-17(2)22(24)26-15-5-4-14-25-21-12-10-20(11-13-21)19-8-6-18(16-23)7-9-19;1-23-18-11-13-20(14-12-18)25-21(22)17-7-9-19(10-8-17)24-15-5-6-16-26(2,3)4;;;;;;/h23-32,35,43H,7-22,33-34H2,1-6H3;6-13,17H,3-5,14-15H2,1-2H3;7-14H,5-6,15-16H2,1-4H3;6*1H4. The predicted molar refractivity (Wildman–Crippen MR) is 473 cm³/mol. The summed E-state index contributed by atoms with van der Waals surface area (Å²) < 4.78 is 56.5. The third-order valence-electron chi connectivity index (χ3n) is 17.8. The molecule has 0 saturated heterocycles. The van der Waals surface area contributed by atoms with Gasteiger partial charge in [0.1, 0.15) is 51.6 Å². The van der Waals surface area contributed by atoms with Crippen molar-refractivity contribution in [2.75, 3.05) is 40.1 Å². The maximum Gasteiger partial charge on any atom is 0.343 e. The van der Waals surface area contributed by atoms with Crippen molar-refractivity contribution in [2.45, 2.75) is 265 Å². The van der Waals surface area contributed by atoms with Crippen molar-refractivity contribution in [3.05, 3.63) is 192 Å². The van der Waals surface area contributed by atoms with Gasteiger partial charge in [0.05, 0.1) is 88.2 Å². The molecule has 7 rings (SSSR count). The molecule has 16 nitrogen and oxygen atoms in total. The van der Waals surface area contributed by atoms with Crippen molar-refractivity contribution in [1.29, 1.82) is 5.26 Å². The van der Waals surface area contributed by atoms with Gasteiger partial charge in [-0.15, -0.1) is 0 Å². The molecule has 7 aromatic carbocycles. The number of carbonyl (C=O) groups is 5. The van der Waals surface area contributed by atoms with E-state index in [1.165, 1.54) is 75.6 Å². The van der Waals surface area contributed by atoms with Crippen LogP contribution in [0.1, 0.15) is 261 Å². The summed E-state index contributed by atoms with van der Waals surface area (Å²) in [6.07, 6.45) is 22.5. The van der Waals surface area contributed by atoms with E-state index in [2.05, 4.69) is 66.1 Å². The highest BCUT2D eigenvalue weighted by Gasteiger charge is 2.32. The third-order valence-corrected chi connectivity index (χ3v) is 22.0. The van der Waals surface area contributed by atoms with E-state index in [0.29, 0.717) is 72.5 Å². The molecular weight excluding hydrogens is 1450 g/mol. The van der Waals surface area contributed by atoms with Gasteiger partial charge in [0.2, 0.25) is 0 Å². The minimum absolute atomic E-state index is 0. The number of unbranched alkanes of at least 4 members (excludes halogenated alkanes) is 14. The summed E-state index contributed by atoms with van der Waals surface area (Å²) in [7, 11) is -1.31. The lowest BCUT2D eigenvalue weighted by Gasteiger charge is -2.29. The molecule has 0 N–H and O–H groups in total. The van der Waals surface area contributed by atoms with Crippen LogP contribution in [0, 0.1) is 17.2 Å². The normalized spacial score (nSPS) is 10.9. The second-order valence-corrected chi connectivity index (χ2v) is 40.2. The monoisotopic (exact) mass is 1590 g/mol. The summed E-state index contributed by atoms with van der Waals surface area (Å²) in [6.45, 7) is 27.1. The van der Waals surface area contributed by atoms with E-state index in [9.17, 15) is 24.0 Å². The van der Waals surface area contributed by atoms with Crippen LogP contribution in [0.2, 0.25) is 45.3 Å². The van der Waals surface area contributed by atoms with Gasteiger partial charge in [-0.25, -0.2) is 19.2 Å². The van der Waals surface area contributed by atoms with Crippen LogP contribution >= 0.6 is 0 Å². The Labute approximate surface area is 684 Å². The number of hydrogen-bond donors (Lipinski definition) is 0. The highest BCUT2D eigenvalue weighted by atomic mass is 28.3. The Hall–Kier alpha value is -9.19. The van der Waals surface area contributed by atoms with Gasteiger partial charge in [-0.1, -0.05) is 239 Å². The van der Waals surface area contributed by atoms with Gasteiger partial charge in [-0.3, -0.25) is 4.79 Å². The van der Waals surface area contributed by atoms with Gasteiger partial charge in [0.25, 0.3) is 0 Å². The van der Waals surface area contributed by atoms with Crippen LogP contribution in [-0.2, 0) is 14.3 Å². The lowest BCUT2D eigenvalue weighted by Crippen LogP contribution is -2.41. The zero-order chi connectivity index (χ0) is 77.7. The molecule has 626 valence electrons. The topological polar surface area (TPSA) is 201 Å². The molecule has 7 aromatic rings. The second kappa shape index (κ2) is 59.5. The van der Waals surface area contributed by atoms with E-state index in [1.807, 2.05) is 74.5 Å². The zero-order valence-corrected chi connectivity index (χ0v) is 67.9.